The Bertz CT molecular complexity index is 875. The summed E-state index contributed by atoms with van der Waals surface area (Å²) in [6, 6.07) is 7.20. The summed E-state index contributed by atoms with van der Waals surface area (Å²) in [5.41, 5.74) is 1.12. The predicted octanol–water partition coefficient (Wildman–Crippen LogP) is 1.97. The summed E-state index contributed by atoms with van der Waals surface area (Å²) in [6.07, 6.45) is 3.05. The molecular formula is C19H22N4O3. The summed E-state index contributed by atoms with van der Waals surface area (Å²) in [4.78, 5) is 27.3. The van der Waals surface area contributed by atoms with Crippen LogP contribution in [0.15, 0.2) is 30.5 Å². The number of para-hydroxylation sites is 1. The average Bonchev–Trinajstić information content (AvgIpc) is 3.01. The van der Waals surface area contributed by atoms with E-state index in [9.17, 15) is 9.59 Å². The van der Waals surface area contributed by atoms with Crippen molar-refractivity contribution in [2.75, 3.05) is 13.1 Å². The molecule has 1 aromatic heterocycles. The minimum atomic E-state index is -0.867. The Labute approximate surface area is 151 Å². The lowest BCUT2D eigenvalue weighted by atomic mass is 9.97. The van der Waals surface area contributed by atoms with E-state index in [1.54, 1.807) is 23.2 Å². The van der Waals surface area contributed by atoms with Gasteiger partial charge in [-0.1, -0.05) is 12.1 Å². The molecule has 136 valence electrons. The third-order valence-electron chi connectivity index (χ3n) is 5.15. The Kier molecular flexibility index (Phi) is 3.94. The fourth-order valence-corrected chi connectivity index (χ4v) is 3.78. The first kappa shape index (κ1) is 16.6. The molecule has 0 aliphatic carbocycles. The van der Waals surface area contributed by atoms with E-state index in [4.69, 9.17) is 4.74 Å². The lowest BCUT2D eigenvalue weighted by Crippen LogP contribution is -2.64. The molecule has 1 saturated heterocycles. The van der Waals surface area contributed by atoms with Crippen molar-refractivity contribution in [1.29, 1.82) is 0 Å². The van der Waals surface area contributed by atoms with Crippen LogP contribution < -0.4 is 10.1 Å². The minimum Gasteiger partial charge on any atom is -0.465 e. The van der Waals surface area contributed by atoms with E-state index in [1.807, 2.05) is 30.7 Å². The largest absolute Gasteiger partial charge is 0.465 e. The Hall–Kier alpha value is -2.83. The number of nitrogens with one attached hydrogen (secondary N) is 1. The SMILES string of the molecule is CCn1ncc(C(=O)N2CCCC3(C2)NC(=O)c2ccccc2O3)c1C. The topological polar surface area (TPSA) is 76.5 Å². The van der Waals surface area contributed by atoms with Crippen LogP contribution in [0, 0.1) is 6.92 Å². The second-order valence-electron chi connectivity index (χ2n) is 6.84. The van der Waals surface area contributed by atoms with Crippen LogP contribution in [0.1, 0.15) is 46.2 Å². The number of fused-ring (bicyclic) bond motifs is 1. The molecule has 1 unspecified atom stereocenters. The number of benzene rings is 1. The van der Waals surface area contributed by atoms with Gasteiger partial charge in [0.15, 0.2) is 0 Å². The average molecular weight is 354 g/mol. The molecule has 3 heterocycles. The van der Waals surface area contributed by atoms with Crippen molar-refractivity contribution in [3.8, 4) is 5.75 Å². The fraction of sp³-hybridized carbons (Fsp3) is 0.421. The number of hydrogen-bond acceptors (Lipinski definition) is 4. The van der Waals surface area contributed by atoms with E-state index in [2.05, 4.69) is 10.4 Å². The van der Waals surface area contributed by atoms with Gasteiger partial charge in [0.2, 0.25) is 5.72 Å². The first-order valence-electron chi connectivity index (χ1n) is 8.95. The van der Waals surface area contributed by atoms with Crippen molar-refractivity contribution in [3.63, 3.8) is 0 Å². The van der Waals surface area contributed by atoms with Crippen molar-refractivity contribution >= 4 is 11.8 Å². The number of rotatable bonds is 2. The Morgan fingerprint density at radius 2 is 2.19 bits per heavy atom. The third-order valence-corrected chi connectivity index (χ3v) is 5.15. The maximum Gasteiger partial charge on any atom is 0.258 e. The zero-order valence-corrected chi connectivity index (χ0v) is 15.0. The van der Waals surface area contributed by atoms with Gasteiger partial charge in [-0.25, -0.2) is 0 Å². The van der Waals surface area contributed by atoms with Crippen LogP contribution in [-0.2, 0) is 6.54 Å². The summed E-state index contributed by atoms with van der Waals surface area (Å²) >= 11 is 0. The summed E-state index contributed by atoms with van der Waals surface area (Å²) < 4.78 is 7.96. The second kappa shape index (κ2) is 6.16. The van der Waals surface area contributed by atoms with Crippen LogP contribution in [0.25, 0.3) is 0 Å². The highest BCUT2D eigenvalue weighted by Crippen LogP contribution is 2.33. The monoisotopic (exact) mass is 354 g/mol. The van der Waals surface area contributed by atoms with Gasteiger partial charge < -0.3 is 15.0 Å². The van der Waals surface area contributed by atoms with Gasteiger partial charge in [0.1, 0.15) is 5.75 Å². The molecule has 7 heteroatoms. The van der Waals surface area contributed by atoms with E-state index < -0.39 is 5.72 Å². The summed E-state index contributed by atoms with van der Waals surface area (Å²) in [7, 11) is 0. The standard InChI is InChI=1S/C19H22N4O3/c1-3-23-13(2)15(11-20-23)18(25)22-10-6-9-19(12-22)21-17(24)14-7-4-5-8-16(14)26-19/h4-5,7-8,11H,3,6,9-10,12H2,1-2H3,(H,21,24). The van der Waals surface area contributed by atoms with Gasteiger partial charge >= 0.3 is 0 Å². The molecule has 0 bridgehead atoms. The van der Waals surface area contributed by atoms with Gasteiger partial charge in [0.25, 0.3) is 11.8 Å². The van der Waals surface area contributed by atoms with Crippen LogP contribution in [-0.4, -0.2) is 45.3 Å². The van der Waals surface area contributed by atoms with E-state index >= 15 is 0 Å². The molecule has 1 spiro atoms. The van der Waals surface area contributed by atoms with E-state index in [0.717, 1.165) is 18.7 Å². The van der Waals surface area contributed by atoms with Gasteiger partial charge in [-0.2, -0.15) is 5.10 Å². The minimum absolute atomic E-state index is 0.0713. The van der Waals surface area contributed by atoms with Gasteiger partial charge in [-0.15, -0.1) is 0 Å². The Balaban J connectivity index is 1.59. The number of nitrogens with zero attached hydrogens (tertiary/aromatic N) is 3. The van der Waals surface area contributed by atoms with Crippen molar-refractivity contribution in [3.05, 3.63) is 47.3 Å². The molecule has 7 nitrogen and oxygen atoms in total. The van der Waals surface area contributed by atoms with Crippen LogP contribution in [0.5, 0.6) is 5.75 Å². The molecule has 2 aliphatic rings. The van der Waals surface area contributed by atoms with Gasteiger partial charge in [0, 0.05) is 25.2 Å². The molecule has 4 rings (SSSR count). The quantitative estimate of drug-likeness (QED) is 0.894. The molecule has 2 aliphatic heterocycles. The highest BCUT2D eigenvalue weighted by atomic mass is 16.5. The van der Waals surface area contributed by atoms with Crippen molar-refractivity contribution < 1.29 is 14.3 Å². The van der Waals surface area contributed by atoms with Gasteiger partial charge in [-0.05, 0) is 32.4 Å². The molecular weight excluding hydrogens is 332 g/mol. The lowest BCUT2D eigenvalue weighted by molar-refractivity contribution is -0.0314. The van der Waals surface area contributed by atoms with E-state index in [-0.39, 0.29) is 11.8 Å². The van der Waals surface area contributed by atoms with E-state index in [1.165, 1.54) is 0 Å². The van der Waals surface area contributed by atoms with Crippen LogP contribution in [0.4, 0.5) is 0 Å². The smallest absolute Gasteiger partial charge is 0.258 e. The molecule has 0 radical (unpaired) electrons. The summed E-state index contributed by atoms with van der Waals surface area (Å²) in [5.74, 6) is 0.342. The van der Waals surface area contributed by atoms with Crippen molar-refractivity contribution in [2.24, 2.45) is 0 Å². The normalized spacial score (nSPS) is 21.9. The van der Waals surface area contributed by atoms with Crippen LogP contribution in [0.2, 0.25) is 0 Å². The highest BCUT2D eigenvalue weighted by Gasteiger charge is 2.44. The van der Waals surface area contributed by atoms with Gasteiger partial charge in [0.05, 0.1) is 23.9 Å². The maximum absolute atomic E-state index is 13.0. The highest BCUT2D eigenvalue weighted by molar-refractivity contribution is 5.98. The second-order valence-corrected chi connectivity index (χ2v) is 6.84. The van der Waals surface area contributed by atoms with Crippen molar-refractivity contribution in [2.45, 2.75) is 39.0 Å². The van der Waals surface area contributed by atoms with Crippen LogP contribution in [0.3, 0.4) is 0 Å². The van der Waals surface area contributed by atoms with Crippen LogP contribution >= 0.6 is 0 Å². The molecule has 1 N–H and O–H groups in total. The number of carbonyl (C=O) groups excluding carboxylic acids is 2. The number of ether oxygens (including phenoxy) is 1. The third kappa shape index (κ3) is 2.64. The van der Waals surface area contributed by atoms with E-state index in [0.29, 0.717) is 36.4 Å². The first-order chi connectivity index (χ1) is 12.5. The number of aryl methyl sites for hydroxylation is 1. The molecule has 1 atom stereocenters. The number of amides is 2. The number of hydrogen-bond donors (Lipinski definition) is 1. The molecule has 1 aromatic carbocycles. The van der Waals surface area contributed by atoms with Crippen molar-refractivity contribution in [1.82, 2.24) is 20.0 Å². The van der Waals surface area contributed by atoms with Gasteiger partial charge in [-0.3, -0.25) is 14.3 Å². The molecule has 0 saturated carbocycles. The zero-order valence-electron chi connectivity index (χ0n) is 15.0. The number of aromatic nitrogens is 2. The number of piperidine rings is 1. The Morgan fingerprint density at radius 1 is 1.38 bits per heavy atom. The molecule has 26 heavy (non-hydrogen) atoms. The number of likely N-dealkylation sites (tertiary alicyclic amines) is 1. The molecule has 2 amide bonds. The fourth-order valence-electron chi connectivity index (χ4n) is 3.78. The molecule has 2 aromatic rings. The summed E-state index contributed by atoms with van der Waals surface area (Å²) in [5, 5.41) is 7.24. The number of carbonyl (C=O) groups is 2. The molecule has 1 fully saturated rings. The first-order valence-corrected chi connectivity index (χ1v) is 8.95. The maximum atomic E-state index is 13.0. The zero-order chi connectivity index (χ0) is 18.3. The lowest BCUT2D eigenvalue weighted by Gasteiger charge is -2.45. The summed E-state index contributed by atoms with van der Waals surface area (Å²) in [6.45, 7) is 5.57. The predicted molar refractivity (Wildman–Crippen MR) is 95.0 cm³/mol. The Morgan fingerprint density at radius 3 is 2.96 bits per heavy atom.